The summed E-state index contributed by atoms with van der Waals surface area (Å²) in [6, 6.07) is 62.1. The Bertz CT molecular complexity index is 3520. The third-order valence-corrected chi connectivity index (χ3v) is 12.0. The van der Waals surface area contributed by atoms with Crippen LogP contribution in [0.4, 0.5) is 0 Å². The first-order valence-corrected chi connectivity index (χ1v) is 19.8. The summed E-state index contributed by atoms with van der Waals surface area (Å²) >= 11 is 0. The van der Waals surface area contributed by atoms with Crippen LogP contribution in [0.2, 0.25) is 0 Å². The molecule has 4 nitrogen and oxygen atoms in total. The molecule has 0 bridgehead atoms. The topological polar surface area (TPSA) is 27.9 Å². The molecule has 0 amide bonds. The number of benzene rings is 8. The van der Waals surface area contributed by atoms with Gasteiger partial charge in [-0.3, -0.25) is 0 Å². The van der Waals surface area contributed by atoms with E-state index in [0.29, 0.717) is 0 Å². The average Bonchev–Trinajstić information content (AvgIpc) is 3.99. The summed E-state index contributed by atoms with van der Waals surface area (Å²) in [5.41, 5.74) is 13.7. The standard InChI is InChI=1S/C52H37N3O/c1-2-3-14-33-25-30-49-42(31-33)39-20-13-24-48(52(39)56-49)55-45-23-12-9-19-40(45)50-47(55)29-27-38-36-17-7-11-22-44(36)54(51(38)50)35-26-28-46-41(32-35)37-18-8-10-21-43(37)53(46)34-15-5-4-6-16-34/h4-13,15-32H,2-3,14H2,1H3. The Morgan fingerprint density at radius 3 is 1.89 bits per heavy atom. The van der Waals surface area contributed by atoms with E-state index < -0.39 is 0 Å². The fourth-order valence-corrected chi connectivity index (χ4v) is 9.53. The van der Waals surface area contributed by atoms with Crippen molar-refractivity contribution >= 4 is 87.4 Å². The quantitative estimate of drug-likeness (QED) is 0.168. The second-order valence-corrected chi connectivity index (χ2v) is 15.1. The first-order chi connectivity index (χ1) is 27.8. The maximum Gasteiger partial charge on any atom is 0.159 e. The number of nitrogens with zero attached hydrogens (tertiary/aromatic N) is 3. The van der Waals surface area contributed by atoms with Gasteiger partial charge in [-0.2, -0.15) is 0 Å². The normalized spacial score (nSPS) is 12.2. The van der Waals surface area contributed by atoms with Crippen molar-refractivity contribution in [2.45, 2.75) is 26.2 Å². The molecule has 4 heteroatoms. The Morgan fingerprint density at radius 1 is 0.429 bits per heavy atom. The van der Waals surface area contributed by atoms with Crippen molar-refractivity contribution < 1.29 is 4.42 Å². The Labute approximate surface area is 323 Å². The molecule has 0 N–H and O–H groups in total. The zero-order chi connectivity index (χ0) is 36.9. The van der Waals surface area contributed by atoms with Crippen molar-refractivity contribution in [3.8, 4) is 17.1 Å². The van der Waals surface area contributed by atoms with Gasteiger partial charge in [0.25, 0.3) is 0 Å². The molecule has 8 aromatic carbocycles. The van der Waals surface area contributed by atoms with Crippen LogP contribution in [0.3, 0.4) is 0 Å². The maximum atomic E-state index is 6.78. The summed E-state index contributed by atoms with van der Waals surface area (Å²) < 4.78 is 14.1. The number of fused-ring (bicyclic) bond motifs is 13. The monoisotopic (exact) mass is 719 g/mol. The number of aryl methyl sites for hydroxylation is 1. The van der Waals surface area contributed by atoms with E-state index in [9.17, 15) is 0 Å². The number of hydrogen-bond donors (Lipinski definition) is 0. The van der Waals surface area contributed by atoms with Gasteiger partial charge in [-0.1, -0.05) is 110 Å². The van der Waals surface area contributed by atoms with Gasteiger partial charge in [-0.05, 0) is 91.2 Å². The molecule has 4 heterocycles. The van der Waals surface area contributed by atoms with Gasteiger partial charge in [0.15, 0.2) is 5.58 Å². The Hall–Kier alpha value is -7.04. The molecule has 0 atom stereocenters. The van der Waals surface area contributed by atoms with Crippen LogP contribution in [-0.4, -0.2) is 13.7 Å². The molecule has 4 aromatic heterocycles. The van der Waals surface area contributed by atoms with E-state index in [0.717, 1.165) is 51.1 Å². The molecule has 0 radical (unpaired) electrons. The maximum absolute atomic E-state index is 6.78. The average molecular weight is 720 g/mol. The minimum Gasteiger partial charge on any atom is -0.454 e. The molecule has 12 aromatic rings. The molecule has 0 spiro atoms. The summed E-state index contributed by atoms with van der Waals surface area (Å²) in [6.07, 6.45) is 3.45. The van der Waals surface area contributed by atoms with Crippen LogP contribution >= 0.6 is 0 Å². The minimum absolute atomic E-state index is 0.915. The highest BCUT2D eigenvalue weighted by molar-refractivity contribution is 6.26. The predicted octanol–water partition coefficient (Wildman–Crippen LogP) is 14.2. The van der Waals surface area contributed by atoms with Gasteiger partial charge in [-0.25, -0.2) is 0 Å². The van der Waals surface area contributed by atoms with Crippen LogP contribution in [0, 0.1) is 0 Å². The number of hydrogen-bond acceptors (Lipinski definition) is 1. The van der Waals surface area contributed by atoms with Crippen LogP contribution < -0.4 is 0 Å². The molecule has 0 aliphatic carbocycles. The molecular weight excluding hydrogens is 683 g/mol. The van der Waals surface area contributed by atoms with Crippen molar-refractivity contribution in [1.82, 2.24) is 13.7 Å². The zero-order valence-corrected chi connectivity index (χ0v) is 31.0. The van der Waals surface area contributed by atoms with E-state index in [-0.39, 0.29) is 0 Å². The highest BCUT2D eigenvalue weighted by Gasteiger charge is 2.23. The number of aromatic nitrogens is 3. The lowest BCUT2D eigenvalue weighted by Gasteiger charge is -2.11. The lowest BCUT2D eigenvalue weighted by molar-refractivity contribution is 0.666. The second-order valence-electron chi connectivity index (χ2n) is 15.1. The van der Waals surface area contributed by atoms with E-state index >= 15 is 0 Å². The summed E-state index contributed by atoms with van der Waals surface area (Å²) in [5, 5.41) is 9.74. The molecular formula is C52H37N3O. The lowest BCUT2D eigenvalue weighted by Crippen LogP contribution is -1.96. The van der Waals surface area contributed by atoms with Crippen molar-refractivity contribution in [1.29, 1.82) is 0 Å². The highest BCUT2D eigenvalue weighted by Crippen LogP contribution is 2.44. The number of furan rings is 1. The Morgan fingerprint density at radius 2 is 1.09 bits per heavy atom. The largest absolute Gasteiger partial charge is 0.454 e. The third-order valence-electron chi connectivity index (χ3n) is 12.0. The van der Waals surface area contributed by atoms with Gasteiger partial charge < -0.3 is 18.1 Å². The molecule has 0 aliphatic heterocycles. The van der Waals surface area contributed by atoms with Gasteiger partial charge in [0.1, 0.15) is 5.58 Å². The summed E-state index contributed by atoms with van der Waals surface area (Å²) in [5.74, 6) is 0. The fourth-order valence-electron chi connectivity index (χ4n) is 9.53. The molecule has 266 valence electrons. The molecule has 0 aliphatic rings. The van der Waals surface area contributed by atoms with Crippen LogP contribution in [0.25, 0.3) is 104 Å². The fraction of sp³-hybridized carbons (Fsp3) is 0.0769. The molecule has 0 unspecified atom stereocenters. The van der Waals surface area contributed by atoms with Crippen molar-refractivity contribution in [2.75, 3.05) is 0 Å². The smallest absolute Gasteiger partial charge is 0.159 e. The first kappa shape index (κ1) is 31.3. The van der Waals surface area contributed by atoms with E-state index in [1.807, 2.05) is 0 Å². The molecule has 0 saturated heterocycles. The van der Waals surface area contributed by atoms with Crippen molar-refractivity contribution in [2.24, 2.45) is 0 Å². The van der Waals surface area contributed by atoms with Gasteiger partial charge >= 0.3 is 0 Å². The van der Waals surface area contributed by atoms with E-state index in [2.05, 4.69) is 190 Å². The van der Waals surface area contributed by atoms with Crippen LogP contribution in [0.15, 0.2) is 174 Å². The summed E-state index contributed by atoms with van der Waals surface area (Å²) in [6.45, 7) is 2.25. The van der Waals surface area contributed by atoms with Crippen LogP contribution in [-0.2, 0) is 6.42 Å². The predicted molar refractivity (Wildman–Crippen MR) is 235 cm³/mol. The van der Waals surface area contributed by atoms with Gasteiger partial charge in [0, 0.05) is 54.5 Å². The molecule has 56 heavy (non-hydrogen) atoms. The van der Waals surface area contributed by atoms with Crippen molar-refractivity contribution in [3.63, 3.8) is 0 Å². The van der Waals surface area contributed by atoms with E-state index in [1.165, 1.54) is 78.2 Å². The summed E-state index contributed by atoms with van der Waals surface area (Å²) in [4.78, 5) is 0. The number of unbranched alkanes of at least 4 members (excludes halogenated alkanes) is 1. The second kappa shape index (κ2) is 12.0. The van der Waals surface area contributed by atoms with Gasteiger partial charge in [0.05, 0.1) is 38.8 Å². The van der Waals surface area contributed by atoms with Gasteiger partial charge in [0.2, 0.25) is 0 Å². The SMILES string of the molecule is CCCCc1ccc2oc3c(-n4c5ccccc5c5c4ccc4c6ccccc6n(-c6ccc7c(c6)c6ccccc6n7-c6ccccc6)c45)cccc3c2c1. The number of rotatable bonds is 6. The third kappa shape index (κ3) is 4.35. The lowest BCUT2D eigenvalue weighted by atomic mass is 10.0. The highest BCUT2D eigenvalue weighted by atomic mass is 16.3. The molecule has 0 fully saturated rings. The zero-order valence-electron chi connectivity index (χ0n) is 31.0. The van der Waals surface area contributed by atoms with E-state index in [1.54, 1.807) is 0 Å². The summed E-state index contributed by atoms with van der Waals surface area (Å²) in [7, 11) is 0. The van der Waals surface area contributed by atoms with Crippen molar-refractivity contribution in [3.05, 3.63) is 175 Å². The molecule has 0 saturated carbocycles. The number of para-hydroxylation sites is 5. The molecule has 12 rings (SSSR count). The Balaban J connectivity index is 1.17. The van der Waals surface area contributed by atoms with Crippen LogP contribution in [0.5, 0.6) is 0 Å². The van der Waals surface area contributed by atoms with Gasteiger partial charge in [-0.15, -0.1) is 0 Å². The Kier molecular flexibility index (Phi) is 6.70. The van der Waals surface area contributed by atoms with E-state index in [4.69, 9.17) is 4.42 Å². The first-order valence-electron chi connectivity index (χ1n) is 19.8. The van der Waals surface area contributed by atoms with Crippen LogP contribution in [0.1, 0.15) is 25.3 Å². The minimum atomic E-state index is 0.915.